The first-order valence-electron chi connectivity index (χ1n) is 4.15. The summed E-state index contributed by atoms with van der Waals surface area (Å²) in [5.41, 5.74) is 0.818. The van der Waals surface area contributed by atoms with E-state index in [1.165, 1.54) is 6.08 Å². The van der Waals surface area contributed by atoms with E-state index in [-0.39, 0.29) is 0 Å². The molecular weight excluding hydrogens is 180 g/mol. The second kappa shape index (κ2) is 5.07. The summed E-state index contributed by atoms with van der Waals surface area (Å²) >= 11 is 0. The monoisotopic (exact) mass is 192 g/mol. The predicted molar refractivity (Wildman–Crippen MR) is 54.6 cm³/mol. The lowest BCUT2D eigenvalue weighted by atomic mass is 10.2. The van der Waals surface area contributed by atoms with Crippen molar-refractivity contribution < 1.29 is 14.3 Å². The Kier molecular flexibility index (Phi) is 3.73. The van der Waals surface area contributed by atoms with Crippen molar-refractivity contribution in [1.82, 2.24) is 0 Å². The highest BCUT2D eigenvalue weighted by atomic mass is 16.5. The van der Waals surface area contributed by atoms with Crippen LogP contribution in [0.2, 0.25) is 0 Å². The predicted octanol–water partition coefficient (Wildman–Crippen LogP) is 1.92. The molecular formula is C11H12O3. The summed E-state index contributed by atoms with van der Waals surface area (Å²) in [4.78, 5) is 10.2. The molecule has 0 unspecified atom stereocenters. The maximum atomic E-state index is 10.2. The van der Waals surface area contributed by atoms with Gasteiger partial charge in [-0.05, 0) is 30.4 Å². The van der Waals surface area contributed by atoms with E-state index in [2.05, 4.69) is 0 Å². The lowest BCUT2D eigenvalue weighted by Gasteiger charge is -2.06. The Morgan fingerprint density at radius 2 is 2.00 bits per heavy atom. The molecule has 0 radical (unpaired) electrons. The molecule has 1 aromatic carbocycles. The molecule has 0 amide bonds. The first-order chi connectivity index (χ1) is 6.81. The van der Waals surface area contributed by atoms with Gasteiger partial charge in [0.05, 0.1) is 14.2 Å². The summed E-state index contributed by atoms with van der Waals surface area (Å²) in [7, 11) is 3.18. The van der Waals surface area contributed by atoms with Gasteiger partial charge < -0.3 is 9.47 Å². The number of carbonyl (C=O) groups is 1. The molecule has 0 aliphatic carbocycles. The van der Waals surface area contributed by atoms with Gasteiger partial charge >= 0.3 is 0 Å². The van der Waals surface area contributed by atoms with E-state index in [0.717, 1.165) is 17.6 Å². The third-order valence-corrected chi connectivity index (χ3v) is 1.79. The number of hydrogen-bond donors (Lipinski definition) is 0. The Hall–Kier alpha value is -1.77. The molecule has 0 aliphatic rings. The molecule has 14 heavy (non-hydrogen) atoms. The average Bonchev–Trinajstić information content (AvgIpc) is 2.25. The summed E-state index contributed by atoms with van der Waals surface area (Å²) in [6.45, 7) is 0. The third kappa shape index (κ3) is 2.36. The van der Waals surface area contributed by atoms with Crippen LogP contribution in [-0.2, 0) is 4.79 Å². The number of ether oxygens (including phenoxy) is 2. The van der Waals surface area contributed by atoms with Crippen LogP contribution in [0.4, 0.5) is 0 Å². The highest BCUT2D eigenvalue weighted by Crippen LogP contribution is 2.24. The number of allylic oxidation sites excluding steroid dienone is 1. The number of aldehydes is 1. The Labute approximate surface area is 83.0 Å². The molecule has 0 spiro atoms. The summed E-state index contributed by atoms with van der Waals surface area (Å²) in [6, 6.07) is 5.40. The lowest BCUT2D eigenvalue weighted by molar-refractivity contribution is -0.104. The fourth-order valence-corrected chi connectivity index (χ4v) is 1.11. The minimum Gasteiger partial charge on any atom is -0.497 e. The Bertz CT molecular complexity index is 342. The van der Waals surface area contributed by atoms with Crippen molar-refractivity contribution in [2.45, 2.75) is 0 Å². The smallest absolute Gasteiger partial charge is 0.142 e. The van der Waals surface area contributed by atoms with Gasteiger partial charge in [-0.3, -0.25) is 4.79 Å². The van der Waals surface area contributed by atoms with E-state index in [1.807, 2.05) is 0 Å². The van der Waals surface area contributed by atoms with Gasteiger partial charge in [0.15, 0.2) is 0 Å². The highest BCUT2D eigenvalue weighted by molar-refractivity contribution is 5.75. The molecule has 0 saturated heterocycles. The fourth-order valence-electron chi connectivity index (χ4n) is 1.11. The molecule has 74 valence electrons. The fraction of sp³-hybridized carbons (Fsp3) is 0.182. The van der Waals surface area contributed by atoms with Crippen molar-refractivity contribution >= 4 is 12.4 Å². The average molecular weight is 192 g/mol. The van der Waals surface area contributed by atoms with Crippen molar-refractivity contribution in [3.8, 4) is 11.5 Å². The number of methoxy groups -OCH3 is 2. The van der Waals surface area contributed by atoms with E-state index in [1.54, 1.807) is 38.5 Å². The number of hydrogen-bond acceptors (Lipinski definition) is 3. The zero-order valence-corrected chi connectivity index (χ0v) is 8.19. The van der Waals surface area contributed by atoms with Crippen molar-refractivity contribution in [1.29, 1.82) is 0 Å². The number of carbonyl (C=O) groups excluding carboxylic acids is 1. The van der Waals surface area contributed by atoms with Gasteiger partial charge in [-0.2, -0.15) is 0 Å². The van der Waals surface area contributed by atoms with E-state index < -0.39 is 0 Å². The van der Waals surface area contributed by atoms with Crippen LogP contribution < -0.4 is 9.47 Å². The molecule has 0 atom stereocenters. The molecule has 0 aliphatic heterocycles. The zero-order valence-electron chi connectivity index (χ0n) is 8.19. The molecule has 0 saturated carbocycles. The molecule has 3 heteroatoms. The number of rotatable bonds is 4. The van der Waals surface area contributed by atoms with Gasteiger partial charge in [0, 0.05) is 5.56 Å². The van der Waals surface area contributed by atoms with Crippen molar-refractivity contribution in [2.24, 2.45) is 0 Å². The van der Waals surface area contributed by atoms with Gasteiger partial charge in [0.25, 0.3) is 0 Å². The zero-order chi connectivity index (χ0) is 10.4. The summed E-state index contributed by atoms with van der Waals surface area (Å²) in [5.74, 6) is 1.44. The largest absolute Gasteiger partial charge is 0.497 e. The minimum absolute atomic E-state index is 0.712. The first-order valence-corrected chi connectivity index (χ1v) is 4.15. The molecule has 0 aromatic heterocycles. The number of benzene rings is 1. The normalized spacial score (nSPS) is 10.1. The third-order valence-electron chi connectivity index (χ3n) is 1.79. The Balaban J connectivity index is 3.07. The molecule has 0 N–H and O–H groups in total. The van der Waals surface area contributed by atoms with E-state index >= 15 is 0 Å². The van der Waals surface area contributed by atoms with E-state index in [4.69, 9.17) is 9.47 Å². The van der Waals surface area contributed by atoms with Crippen LogP contribution in [0.25, 0.3) is 6.08 Å². The first kappa shape index (κ1) is 10.3. The lowest BCUT2D eigenvalue weighted by Crippen LogP contribution is -1.89. The minimum atomic E-state index is 0.712. The summed E-state index contributed by atoms with van der Waals surface area (Å²) in [6.07, 6.45) is 3.81. The topological polar surface area (TPSA) is 35.5 Å². The molecule has 0 bridgehead atoms. The van der Waals surface area contributed by atoms with Crippen molar-refractivity contribution in [3.63, 3.8) is 0 Å². The quantitative estimate of drug-likeness (QED) is 0.540. The summed E-state index contributed by atoms with van der Waals surface area (Å²) < 4.78 is 10.2. The SMILES string of the molecule is COc1ccc(OC)c(/C=C/C=O)c1. The molecule has 0 fully saturated rings. The Morgan fingerprint density at radius 1 is 1.21 bits per heavy atom. The highest BCUT2D eigenvalue weighted by Gasteiger charge is 2.00. The van der Waals surface area contributed by atoms with Crippen molar-refractivity contribution in [3.05, 3.63) is 29.8 Å². The second-order valence-electron chi connectivity index (χ2n) is 2.60. The maximum absolute atomic E-state index is 10.2. The van der Waals surface area contributed by atoms with E-state index in [0.29, 0.717) is 5.75 Å². The Morgan fingerprint density at radius 3 is 2.57 bits per heavy atom. The van der Waals surface area contributed by atoms with Crippen molar-refractivity contribution in [2.75, 3.05) is 14.2 Å². The standard InChI is InChI=1S/C11H12O3/c1-13-10-5-6-11(14-2)9(8-10)4-3-7-12/h3-8H,1-2H3/b4-3+. The molecule has 1 aromatic rings. The van der Waals surface area contributed by atoms with Crippen LogP contribution in [0.5, 0.6) is 11.5 Å². The van der Waals surface area contributed by atoms with Gasteiger partial charge in [-0.25, -0.2) is 0 Å². The van der Waals surface area contributed by atoms with Crippen LogP contribution in [-0.4, -0.2) is 20.5 Å². The molecule has 0 heterocycles. The van der Waals surface area contributed by atoms with Crippen LogP contribution in [0.15, 0.2) is 24.3 Å². The van der Waals surface area contributed by atoms with Crippen LogP contribution in [0, 0.1) is 0 Å². The summed E-state index contributed by atoms with van der Waals surface area (Å²) in [5, 5.41) is 0. The van der Waals surface area contributed by atoms with Crippen LogP contribution >= 0.6 is 0 Å². The van der Waals surface area contributed by atoms with Gasteiger partial charge in [0.2, 0.25) is 0 Å². The van der Waals surface area contributed by atoms with Gasteiger partial charge in [-0.1, -0.05) is 0 Å². The van der Waals surface area contributed by atoms with Gasteiger partial charge in [-0.15, -0.1) is 0 Å². The second-order valence-corrected chi connectivity index (χ2v) is 2.60. The molecule has 1 rings (SSSR count). The molecule has 3 nitrogen and oxygen atoms in total. The van der Waals surface area contributed by atoms with Crippen LogP contribution in [0.3, 0.4) is 0 Å². The maximum Gasteiger partial charge on any atom is 0.142 e. The van der Waals surface area contributed by atoms with Crippen LogP contribution in [0.1, 0.15) is 5.56 Å². The van der Waals surface area contributed by atoms with Gasteiger partial charge in [0.1, 0.15) is 17.8 Å². The van der Waals surface area contributed by atoms with E-state index in [9.17, 15) is 4.79 Å².